The first kappa shape index (κ1) is 12.7. The zero-order valence-electron chi connectivity index (χ0n) is 9.58. The standard InChI is InChI=1S/C12H11F3O3/c1-17-10-5-4-8(18-12(13,14)15)6-9(10)11(16)7-2-3-7/h4-7H,2-3H2,1H3. The molecular formula is C12H11F3O3. The van der Waals surface area contributed by atoms with Gasteiger partial charge in [-0.1, -0.05) is 0 Å². The van der Waals surface area contributed by atoms with E-state index < -0.39 is 12.1 Å². The molecule has 98 valence electrons. The molecule has 0 heterocycles. The van der Waals surface area contributed by atoms with E-state index in [2.05, 4.69) is 4.74 Å². The van der Waals surface area contributed by atoms with Crippen LogP contribution in [0.4, 0.5) is 13.2 Å². The van der Waals surface area contributed by atoms with Crippen LogP contribution < -0.4 is 9.47 Å². The Bertz CT molecular complexity index is 464. The van der Waals surface area contributed by atoms with Crippen molar-refractivity contribution < 1.29 is 27.4 Å². The van der Waals surface area contributed by atoms with Crippen LogP contribution in [0.2, 0.25) is 0 Å². The highest BCUT2D eigenvalue weighted by Crippen LogP contribution is 2.37. The molecular weight excluding hydrogens is 249 g/mol. The Kier molecular flexibility index (Phi) is 3.19. The van der Waals surface area contributed by atoms with Crippen LogP contribution in [0.1, 0.15) is 23.2 Å². The number of carbonyl (C=O) groups is 1. The lowest BCUT2D eigenvalue weighted by atomic mass is 10.1. The molecule has 18 heavy (non-hydrogen) atoms. The minimum absolute atomic E-state index is 0.0972. The number of halogens is 3. The molecule has 1 aliphatic carbocycles. The molecule has 0 unspecified atom stereocenters. The van der Waals surface area contributed by atoms with Gasteiger partial charge in [-0.15, -0.1) is 13.2 Å². The molecule has 0 radical (unpaired) electrons. The number of ether oxygens (including phenoxy) is 2. The summed E-state index contributed by atoms with van der Waals surface area (Å²) in [6, 6.07) is 3.50. The number of Topliss-reactive ketones (excluding diaryl/α,β-unsaturated/α-hetero) is 1. The lowest BCUT2D eigenvalue weighted by Crippen LogP contribution is -2.17. The third kappa shape index (κ3) is 2.94. The van der Waals surface area contributed by atoms with Crippen LogP contribution in [0.25, 0.3) is 0 Å². The minimum Gasteiger partial charge on any atom is -0.496 e. The highest BCUT2D eigenvalue weighted by atomic mass is 19.4. The van der Waals surface area contributed by atoms with E-state index in [1.54, 1.807) is 0 Å². The average Bonchev–Trinajstić information content (AvgIpc) is 3.09. The zero-order valence-corrected chi connectivity index (χ0v) is 9.58. The van der Waals surface area contributed by atoms with Gasteiger partial charge < -0.3 is 9.47 Å². The van der Waals surface area contributed by atoms with E-state index >= 15 is 0 Å². The second-order valence-electron chi connectivity index (χ2n) is 4.05. The summed E-state index contributed by atoms with van der Waals surface area (Å²) in [5.74, 6) is -0.437. The molecule has 6 heteroatoms. The summed E-state index contributed by atoms with van der Waals surface area (Å²) < 4.78 is 45.0. The molecule has 0 spiro atoms. The zero-order chi connectivity index (χ0) is 13.3. The molecule has 1 aromatic carbocycles. The van der Waals surface area contributed by atoms with Gasteiger partial charge in [0.05, 0.1) is 12.7 Å². The molecule has 1 saturated carbocycles. The molecule has 0 bridgehead atoms. The topological polar surface area (TPSA) is 35.5 Å². The van der Waals surface area contributed by atoms with Gasteiger partial charge in [-0.25, -0.2) is 0 Å². The maximum atomic E-state index is 12.1. The van der Waals surface area contributed by atoms with Crippen molar-refractivity contribution in [1.29, 1.82) is 0 Å². The minimum atomic E-state index is -4.77. The van der Waals surface area contributed by atoms with Gasteiger partial charge >= 0.3 is 6.36 Å². The first-order valence-electron chi connectivity index (χ1n) is 5.38. The van der Waals surface area contributed by atoms with Crippen LogP contribution in [0.3, 0.4) is 0 Å². The smallest absolute Gasteiger partial charge is 0.496 e. The van der Waals surface area contributed by atoms with Crippen LogP contribution in [0, 0.1) is 5.92 Å². The lowest BCUT2D eigenvalue weighted by molar-refractivity contribution is -0.274. The molecule has 1 aliphatic rings. The van der Waals surface area contributed by atoms with Gasteiger partial charge in [0, 0.05) is 5.92 Å². The van der Waals surface area contributed by atoms with Crippen molar-refractivity contribution >= 4 is 5.78 Å². The van der Waals surface area contributed by atoms with Crippen LogP contribution in [-0.2, 0) is 0 Å². The van der Waals surface area contributed by atoms with Crippen molar-refractivity contribution in [3.8, 4) is 11.5 Å². The van der Waals surface area contributed by atoms with E-state index in [0.717, 1.165) is 25.0 Å². The van der Waals surface area contributed by atoms with Gasteiger partial charge in [0.25, 0.3) is 0 Å². The van der Waals surface area contributed by atoms with Gasteiger partial charge in [-0.3, -0.25) is 4.79 Å². The molecule has 0 aromatic heterocycles. The molecule has 1 fully saturated rings. The third-order valence-electron chi connectivity index (χ3n) is 2.62. The van der Waals surface area contributed by atoms with Gasteiger partial charge in [0.1, 0.15) is 11.5 Å². The molecule has 0 aliphatic heterocycles. The molecule has 0 amide bonds. The van der Waals surface area contributed by atoms with Crippen LogP contribution >= 0.6 is 0 Å². The van der Waals surface area contributed by atoms with Crippen molar-refractivity contribution in [2.75, 3.05) is 7.11 Å². The molecule has 2 rings (SSSR count). The fourth-order valence-corrected chi connectivity index (χ4v) is 1.64. The number of alkyl halides is 3. The van der Waals surface area contributed by atoms with E-state index in [9.17, 15) is 18.0 Å². The number of hydrogen-bond donors (Lipinski definition) is 0. The second kappa shape index (κ2) is 4.51. The molecule has 1 aromatic rings. The SMILES string of the molecule is COc1ccc(OC(F)(F)F)cc1C(=O)C1CC1. The Balaban J connectivity index is 2.29. The summed E-state index contributed by atoms with van der Waals surface area (Å²) in [6.45, 7) is 0. The van der Waals surface area contributed by atoms with Gasteiger partial charge in [-0.05, 0) is 31.0 Å². The molecule has 0 atom stereocenters. The fraction of sp³-hybridized carbons (Fsp3) is 0.417. The average molecular weight is 260 g/mol. The van der Waals surface area contributed by atoms with E-state index in [0.29, 0.717) is 0 Å². The largest absolute Gasteiger partial charge is 0.573 e. The summed E-state index contributed by atoms with van der Waals surface area (Å²) >= 11 is 0. The monoisotopic (exact) mass is 260 g/mol. The molecule has 3 nitrogen and oxygen atoms in total. The van der Waals surface area contributed by atoms with Crippen molar-refractivity contribution in [3.05, 3.63) is 23.8 Å². The Labute approximate surface area is 102 Å². The van der Waals surface area contributed by atoms with Crippen molar-refractivity contribution in [2.45, 2.75) is 19.2 Å². The number of methoxy groups -OCH3 is 1. The summed E-state index contributed by atoms with van der Waals surface area (Å²) in [4.78, 5) is 11.9. The van der Waals surface area contributed by atoms with E-state index in [1.807, 2.05) is 0 Å². The Morgan fingerprint density at radius 1 is 1.33 bits per heavy atom. The van der Waals surface area contributed by atoms with Gasteiger partial charge in [0.15, 0.2) is 5.78 Å². The van der Waals surface area contributed by atoms with Crippen molar-refractivity contribution in [3.63, 3.8) is 0 Å². The summed E-state index contributed by atoms with van der Waals surface area (Å²) in [7, 11) is 1.36. The summed E-state index contributed by atoms with van der Waals surface area (Å²) in [5.41, 5.74) is 0.141. The molecule has 0 N–H and O–H groups in total. The van der Waals surface area contributed by atoms with E-state index in [-0.39, 0.29) is 23.0 Å². The Morgan fingerprint density at radius 2 is 2.00 bits per heavy atom. The Hall–Kier alpha value is -1.72. The molecule has 0 saturated heterocycles. The normalized spacial score (nSPS) is 15.3. The van der Waals surface area contributed by atoms with Crippen LogP contribution in [0.5, 0.6) is 11.5 Å². The number of ketones is 1. The summed E-state index contributed by atoms with van der Waals surface area (Å²) in [5, 5.41) is 0. The maximum Gasteiger partial charge on any atom is 0.573 e. The third-order valence-corrected chi connectivity index (χ3v) is 2.62. The number of benzene rings is 1. The Morgan fingerprint density at radius 3 is 2.50 bits per heavy atom. The highest BCUT2D eigenvalue weighted by Gasteiger charge is 2.34. The second-order valence-corrected chi connectivity index (χ2v) is 4.05. The predicted molar refractivity (Wildman–Crippen MR) is 56.7 cm³/mol. The first-order chi connectivity index (χ1) is 8.40. The van der Waals surface area contributed by atoms with Crippen molar-refractivity contribution in [1.82, 2.24) is 0 Å². The highest BCUT2D eigenvalue weighted by molar-refractivity contribution is 6.02. The number of hydrogen-bond acceptors (Lipinski definition) is 3. The predicted octanol–water partition coefficient (Wildman–Crippen LogP) is 3.19. The lowest BCUT2D eigenvalue weighted by Gasteiger charge is -2.12. The van der Waals surface area contributed by atoms with Crippen LogP contribution in [-0.4, -0.2) is 19.3 Å². The quantitative estimate of drug-likeness (QED) is 0.780. The van der Waals surface area contributed by atoms with Crippen LogP contribution in [0.15, 0.2) is 18.2 Å². The maximum absolute atomic E-state index is 12.1. The number of carbonyl (C=O) groups excluding carboxylic acids is 1. The summed E-state index contributed by atoms with van der Waals surface area (Å²) in [6.07, 6.45) is -3.23. The van der Waals surface area contributed by atoms with E-state index in [4.69, 9.17) is 4.74 Å². The van der Waals surface area contributed by atoms with Gasteiger partial charge in [-0.2, -0.15) is 0 Å². The number of rotatable bonds is 4. The fourth-order valence-electron chi connectivity index (χ4n) is 1.64. The first-order valence-corrected chi connectivity index (χ1v) is 5.38. The van der Waals surface area contributed by atoms with Crippen molar-refractivity contribution in [2.24, 2.45) is 5.92 Å². The van der Waals surface area contributed by atoms with Gasteiger partial charge in [0.2, 0.25) is 0 Å². The van der Waals surface area contributed by atoms with E-state index in [1.165, 1.54) is 13.2 Å².